The highest BCUT2D eigenvalue weighted by molar-refractivity contribution is 6.13. The highest BCUT2D eigenvalue weighted by Crippen LogP contribution is 2.54. The first-order valence-corrected chi connectivity index (χ1v) is 17.0. The fraction of sp³-hybridized carbons (Fsp3) is 0.0213. The van der Waals surface area contributed by atoms with Crippen LogP contribution in [0.25, 0.3) is 65.8 Å². The summed E-state index contributed by atoms with van der Waals surface area (Å²) in [6.45, 7) is 0. The molecule has 0 amide bonds. The first-order valence-electron chi connectivity index (χ1n) is 17.0. The van der Waals surface area contributed by atoms with Gasteiger partial charge in [0, 0.05) is 27.2 Å². The van der Waals surface area contributed by atoms with Crippen LogP contribution in [0.2, 0.25) is 0 Å². The van der Waals surface area contributed by atoms with Crippen LogP contribution in [0.3, 0.4) is 0 Å². The van der Waals surface area contributed by atoms with E-state index in [1.54, 1.807) is 0 Å². The number of para-hydroxylation sites is 4. The summed E-state index contributed by atoms with van der Waals surface area (Å²) in [5.41, 5.74) is 11.9. The second-order valence-electron chi connectivity index (χ2n) is 13.3. The van der Waals surface area contributed by atoms with Crippen molar-refractivity contribution in [3.63, 3.8) is 0 Å². The molecule has 2 heteroatoms. The van der Waals surface area contributed by atoms with Crippen molar-refractivity contribution in [3.8, 4) is 11.4 Å². The average molecular weight is 623 g/mol. The van der Waals surface area contributed by atoms with Crippen LogP contribution in [0.1, 0.15) is 22.3 Å². The first-order chi connectivity index (χ1) is 24.3. The molecule has 0 radical (unpaired) electrons. The van der Waals surface area contributed by atoms with Gasteiger partial charge >= 0.3 is 0 Å². The lowest BCUT2D eigenvalue weighted by Crippen LogP contribution is -2.35. The van der Waals surface area contributed by atoms with E-state index in [-0.39, 0.29) is 0 Å². The molecule has 228 valence electrons. The van der Waals surface area contributed by atoms with Gasteiger partial charge in [0.05, 0.1) is 33.2 Å². The Labute approximate surface area is 283 Å². The Kier molecular flexibility index (Phi) is 5.34. The molecule has 0 spiro atoms. The highest BCUT2D eigenvalue weighted by atomic mass is 15.0. The van der Waals surface area contributed by atoms with E-state index in [2.05, 4.69) is 191 Å². The van der Waals surface area contributed by atoms with E-state index >= 15 is 0 Å². The minimum atomic E-state index is -0.540. The van der Waals surface area contributed by atoms with Gasteiger partial charge in [-0.1, -0.05) is 140 Å². The maximum Gasteiger partial charge on any atom is 0.0742 e. The molecule has 8 aromatic carbocycles. The van der Waals surface area contributed by atoms with Crippen molar-refractivity contribution in [1.29, 1.82) is 0 Å². The third-order valence-electron chi connectivity index (χ3n) is 11.0. The van der Waals surface area contributed by atoms with Gasteiger partial charge in [-0.05, 0) is 75.5 Å². The van der Waals surface area contributed by atoms with Crippen LogP contribution < -0.4 is 0 Å². The van der Waals surface area contributed by atoms with Crippen LogP contribution in [0.15, 0.2) is 182 Å². The Hall–Kier alpha value is -6.38. The predicted molar refractivity (Wildman–Crippen MR) is 204 cm³/mol. The summed E-state index contributed by atoms with van der Waals surface area (Å²) < 4.78 is 4.93. The minimum absolute atomic E-state index is 0.540. The Morgan fingerprint density at radius 3 is 1.84 bits per heavy atom. The number of rotatable bonds is 3. The Balaban J connectivity index is 1.28. The molecule has 1 aliphatic heterocycles. The normalized spacial score (nSPS) is 15.4. The quantitative estimate of drug-likeness (QED) is 0.186. The second-order valence-corrected chi connectivity index (χ2v) is 13.3. The summed E-state index contributed by atoms with van der Waals surface area (Å²) in [6.07, 6.45) is 0. The van der Waals surface area contributed by atoms with E-state index < -0.39 is 5.41 Å². The zero-order valence-corrected chi connectivity index (χ0v) is 26.7. The molecular formula is C47H30N2. The van der Waals surface area contributed by atoms with Gasteiger partial charge in [-0.2, -0.15) is 0 Å². The number of fused-ring (bicyclic) bond motifs is 9. The van der Waals surface area contributed by atoms with Gasteiger partial charge < -0.3 is 9.13 Å². The van der Waals surface area contributed by atoms with Crippen molar-refractivity contribution >= 4 is 54.4 Å². The lowest BCUT2D eigenvalue weighted by molar-refractivity contribution is 0.729. The molecule has 0 aliphatic carbocycles. The molecule has 49 heavy (non-hydrogen) atoms. The molecule has 11 rings (SSSR count). The zero-order chi connectivity index (χ0) is 32.1. The van der Waals surface area contributed by atoms with E-state index in [0.717, 1.165) is 0 Å². The van der Waals surface area contributed by atoms with Gasteiger partial charge in [0.1, 0.15) is 0 Å². The van der Waals surface area contributed by atoms with E-state index in [4.69, 9.17) is 0 Å². The Bertz CT molecular complexity index is 2940. The SMILES string of the molecule is c1ccc(C2(c3ccc4c(c3)c3ccccc3n4-c3ccc4ccccc4c3)c3ccccc3-n3c4ccccc4c4cccc2c43)cc1. The Morgan fingerprint density at radius 1 is 0.347 bits per heavy atom. The van der Waals surface area contributed by atoms with E-state index in [1.165, 1.54) is 88.0 Å². The van der Waals surface area contributed by atoms with Gasteiger partial charge in [-0.3, -0.25) is 0 Å². The standard InChI is InChI=1S/C47H30N2/c1-2-15-33(16-3-1)47(40-20-8-11-24-45(40)49-43-23-10-6-17-36(43)38-19-12-21-41(47)46(38)49)34-26-28-44-39(30-34)37-18-7-9-22-42(37)48(44)35-27-25-31-13-4-5-14-32(31)29-35/h1-30H. The number of aromatic nitrogens is 2. The molecule has 0 saturated carbocycles. The molecular weight excluding hydrogens is 593 g/mol. The third-order valence-corrected chi connectivity index (χ3v) is 11.0. The molecule has 10 aromatic rings. The maximum atomic E-state index is 2.50. The molecule has 1 unspecified atom stereocenters. The van der Waals surface area contributed by atoms with Crippen LogP contribution in [0, 0.1) is 0 Å². The van der Waals surface area contributed by atoms with Crippen molar-refractivity contribution in [3.05, 3.63) is 204 Å². The molecule has 2 nitrogen and oxygen atoms in total. The van der Waals surface area contributed by atoms with E-state index in [1.807, 2.05) is 0 Å². The van der Waals surface area contributed by atoms with Gasteiger partial charge in [-0.15, -0.1) is 0 Å². The van der Waals surface area contributed by atoms with Crippen LogP contribution >= 0.6 is 0 Å². The minimum Gasteiger partial charge on any atom is -0.309 e. The van der Waals surface area contributed by atoms with Crippen LogP contribution in [-0.2, 0) is 5.41 Å². The molecule has 0 N–H and O–H groups in total. The lowest BCUT2D eigenvalue weighted by Gasteiger charge is -2.41. The van der Waals surface area contributed by atoms with Crippen molar-refractivity contribution in [2.24, 2.45) is 0 Å². The van der Waals surface area contributed by atoms with Crippen molar-refractivity contribution < 1.29 is 0 Å². The molecule has 0 bridgehead atoms. The topological polar surface area (TPSA) is 9.86 Å². The van der Waals surface area contributed by atoms with Gasteiger partial charge in [0.2, 0.25) is 0 Å². The monoisotopic (exact) mass is 622 g/mol. The number of hydrogen-bond acceptors (Lipinski definition) is 0. The van der Waals surface area contributed by atoms with Crippen LogP contribution in [-0.4, -0.2) is 9.13 Å². The Morgan fingerprint density at radius 2 is 0.980 bits per heavy atom. The number of hydrogen-bond donors (Lipinski definition) is 0. The zero-order valence-electron chi connectivity index (χ0n) is 26.7. The largest absolute Gasteiger partial charge is 0.309 e. The number of nitrogens with zero attached hydrogens (tertiary/aromatic N) is 2. The highest BCUT2D eigenvalue weighted by Gasteiger charge is 2.45. The van der Waals surface area contributed by atoms with E-state index in [9.17, 15) is 0 Å². The van der Waals surface area contributed by atoms with Crippen molar-refractivity contribution in [2.75, 3.05) is 0 Å². The van der Waals surface area contributed by atoms with Crippen molar-refractivity contribution in [2.45, 2.75) is 5.41 Å². The fourth-order valence-corrected chi connectivity index (χ4v) is 8.98. The summed E-state index contributed by atoms with van der Waals surface area (Å²) in [7, 11) is 0. The third kappa shape index (κ3) is 3.45. The molecule has 0 saturated heterocycles. The van der Waals surface area contributed by atoms with Gasteiger partial charge in [-0.25, -0.2) is 0 Å². The summed E-state index contributed by atoms with van der Waals surface area (Å²) in [5.74, 6) is 0. The first kappa shape index (κ1) is 26.7. The predicted octanol–water partition coefficient (Wildman–Crippen LogP) is 11.7. The average Bonchev–Trinajstić information content (AvgIpc) is 3.69. The molecule has 1 aliphatic rings. The molecule has 3 heterocycles. The fourth-order valence-electron chi connectivity index (χ4n) is 8.98. The molecule has 0 fully saturated rings. The van der Waals surface area contributed by atoms with Crippen LogP contribution in [0.4, 0.5) is 0 Å². The second kappa shape index (κ2) is 9.82. The number of benzene rings is 8. The maximum absolute atomic E-state index is 2.50. The summed E-state index contributed by atoms with van der Waals surface area (Å²) in [4.78, 5) is 0. The van der Waals surface area contributed by atoms with Crippen molar-refractivity contribution in [1.82, 2.24) is 9.13 Å². The lowest BCUT2D eigenvalue weighted by atomic mass is 9.63. The van der Waals surface area contributed by atoms with Gasteiger partial charge in [0.25, 0.3) is 0 Å². The molecule has 2 aromatic heterocycles. The summed E-state index contributed by atoms with van der Waals surface area (Å²) in [6, 6.07) is 67.5. The summed E-state index contributed by atoms with van der Waals surface area (Å²) >= 11 is 0. The smallest absolute Gasteiger partial charge is 0.0742 e. The van der Waals surface area contributed by atoms with Gasteiger partial charge in [0.15, 0.2) is 0 Å². The summed E-state index contributed by atoms with van der Waals surface area (Å²) in [5, 5.41) is 7.58. The van der Waals surface area contributed by atoms with Crippen LogP contribution in [0.5, 0.6) is 0 Å². The molecule has 1 atom stereocenters. The van der Waals surface area contributed by atoms with E-state index in [0.29, 0.717) is 0 Å².